The molecule has 0 aliphatic rings. The molecule has 3 aromatic rings. The summed E-state index contributed by atoms with van der Waals surface area (Å²) in [5.74, 6) is 1.58. The second-order valence-electron chi connectivity index (χ2n) is 7.26. The van der Waals surface area contributed by atoms with E-state index in [-0.39, 0.29) is 5.78 Å². The molecule has 1 aromatic heterocycles. The van der Waals surface area contributed by atoms with E-state index < -0.39 is 0 Å². The van der Waals surface area contributed by atoms with Gasteiger partial charge in [-0.25, -0.2) is 0 Å². The van der Waals surface area contributed by atoms with Gasteiger partial charge in [-0.15, -0.1) is 0 Å². The second kappa shape index (κ2) is 9.44. The first-order valence-corrected chi connectivity index (χ1v) is 10.0. The largest absolute Gasteiger partial charge is 0.496 e. The number of methoxy groups -OCH3 is 1. The van der Waals surface area contributed by atoms with E-state index in [1.165, 1.54) is 0 Å². The number of benzene rings is 2. The smallest absolute Gasteiger partial charge is 0.189 e. The fourth-order valence-electron chi connectivity index (χ4n) is 3.38. The van der Waals surface area contributed by atoms with Gasteiger partial charge in [-0.1, -0.05) is 30.3 Å². The highest BCUT2D eigenvalue weighted by Crippen LogP contribution is 2.27. The third kappa shape index (κ3) is 4.79. The Morgan fingerprint density at radius 3 is 2.50 bits per heavy atom. The van der Waals surface area contributed by atoms with E-state index in [0.717, 1.165) is 46.0 Å². The highest BCUT2D eigenvalue weighted by molar-refractivity contribution is 6.07. The number of hydrogen-bond acceptors (Lipinski definition) is 4. The average molecular weight is 405 g/mol. The minimum absolute atomic E-state index is 0.0589. The lowest BCUT2D eigenvalue weighted by atomic mass is 10.1. The number of hydrogen-bond donors (Lipinski definition) is 0. The van der Waals surface area contributed by atoms with E-state index in [4.69, 9.17) is 9.47 Å². The monoisotopic (exact) mass is 404 g/mol. The van der Waals surface area contributed by atoms with Crippen LogP contribution in [0.5, 0.6) is 11.5 Å². The van der Waals surface area contributed by atoms with E-state index in [1.807, 2.05) is 70.2 Å². The topological polar surface area (TPSA) is 53.4 Å². The number of allylic oxidation sites excluding steroid dienone is 1. The van der Waals surface area contributed by atoms with Crippen molar-refractivity contribution in [2.45, 2.75) is 40.8 Å². The minimum atomic E-state index is -0.0589. The van der Waals surface area contributed by atoms with Crippen molar-refractivity contribution in [3.63, 3.8) is 0 Å². The van der Waals surface area contributed by atoms with E-state index in [9.17, 15) is 4.79 Å². The molecule has 0 saturated heterocycles. The summed E-state index contributed by atoms with van der Waals surface area (Å²) in [4.78, 5) is 12.6. The van der Waals surface area contributed by atoms with Crippen LogP contribution >= 0.6 is 0 Å². The third-order valence-electron chi connectivity index (χ3n) is 5.05. The number of ketones is 1. The SMILES string of the molecule is CCn1cc(C(=O)/C=C/c2ccc(OC)c(COc3c(C)cccc3C)c2)c(C)n1. The molecule has 2 aromatic carbocycles. The molecule has 0 unspecified atom stereocenters. The zero-order chi connectivity index (χ0) is 21.7. The van der Waals surface area contributed by atoms with Gasteiger partial charge in [0, 0.05) is 18.3 Å². The van der Waals surface area contributed by atoms with Crippen molar-refractivity contribution < 1.29 is 14.3 Å². The maximum Gasteiger partial charge on any atom is 0.189 e. The van der Waals surface area contributed by atoms with Crippen molar-refractivity contribution in [1.82, 2.24) is 9.78 Å². The fraction of sp³-hybridized carbons (Fsp3) is 0.280. The van der Waals surface area contributed by atoms with Crippen LogP contribution in [0.15, 0.2) is 48.7 Å². The Hall–Kier alpha value is -3.34. The highest BCUT2D eigenvalue weighted by Gasteiger charge is 2.11. The van der Waals surface area contributed by atoms with Crippen LogP contribution in [-0.4, -0.2) is 22.7 Å². The average Bonchev–Trinajstić information content (AvgIpc) is 3.12. The van der Waals surface area contributed by atoms with Gasteiger partial charge < -0.3 is 9.47 Å². The first-order valence-electron chi connectivity index (χ1n) is 10.0. The summed E-state index contributed by atoms with van der Waals surface area (Å²) in [6.07, 6.45) is 5.19. The number of carbonyl (C=O) groups excluding carboxylic acids is 1. The van der Waals surface area contributed by atoms with E-state index in [1.54, 1.807) is 24.1 Å². The molecule has 5 heteroatoms. The van der Waals surface area contributed by atoms with Crippen LogP contribution in [0.2, 0.25) is 0 Å². The molecule has 5 nitrogen and oxygen atoms in total. The van der Waals surface area contributed by atoms with Crippen molar-refractivity contribution in [2.75, 3.05) is 7.11 Å². The summed E-state index contributed by atoms with van der Waals surface area (Å²) in [7, 11) is 1.64. The number of ether oxygens (including phenoxy) is 2. The van der Waals surface area contributed by atoms with E-state index in [0.29, 0.717) is 12.2 Å². The summed E-state index contributed by atoms with van der Waals surface area (Å²) in [6, 6.07) is 11.9. The summed E-state index contributed by atoms with van der Waals surface area (Å²) < 4.78 is 13.4. The normalized spacial score (nSPS) is 11.1. The van der Waals surface area contributed by atoms with Gasteiger partial charge in [0.05, 0.1) is 18.4 Å². The van der Waals surface area contributed by atoms with Gasteiger partial charge >= 0.3 is 0 Å². The summed E-state index contributed by atoms with van der Waals surface area (Å²) in [5, 5.41) is 4.34. The van der Waals surface area contributed by atoms with Crippen molar-refractivity contribution in [1.29, 1.82) is 0 Å². The summed E-state index contributed by atoms with van der Waals surface area (Å²) in [6.45, 7) is 9.03. The van der Waals surface area contributed by atoms with Gasteiger partial charge in [0.15, 0.2) is 5.78 Å². The summed E-state index contributed by atoms with van der Waals surface area (Å²) >= 11 is 0. The number of rotatable bonds is 8. The Kier molecular flexibility index (Phi) is 6.72. The molecule has 0 radical (unpaired) electrons. The van der Waals surface area contributed by atoms with Gasteiger partial charge in [0.1, 0.15) is 18.1 Å². The molecular weight excluding hydrogens is 376 g/mol. The molecule has 1 heterocycles. The lowest BCUT2D eigenvalue weighted by Crippen LogP contribution is -2.01. The minimum Gasteiger partial charge on any atom is -0.496 e. The number of para-hydroxylation sites is 1. The lowest BCUT2D eigenvalue weighted by molar-refractivity contribution is 0.104. The molecule has 0 fully saturated rings. The fourth-order valence-corrected chi connectivity index (χ4v) is 3.38. The molecule has 0 bridgehead atoms. The molecule has 156 valence electrons. The van der Waals surface area contributed by atoms with E-state index >= 15 is 0 Å². The molecule has 0 aliphatic heterocycles. The third-order valence-corrected chi connectivity index (χ3v) is 5.05. The Morgan fingerprint density at radius 1 is 1.13 bits per heavy atom. The Bertz CT molecular complexity index is 1060. The van der Waals surface area contributed by atoms with Crippen LogP contribution in [0.3, 0.4) is 0 Å². The number of nitrogens with zero attached hydrogens (tertiary/aromatic N) is 2. The van der Waals surface area contributed by atoms with E-state index in [2.05, 4.69) is 5.10 Å². The van der Waals surface area contributed by atoms with Gasteiger partial charge in [-0.2, -0.15) is 5.10 Å². The van der Waals surface area contributed by atoms with Crippen LogP contribution in [0.25, 0.3) is 6.08 Å². The number of aryl methyl sites for hydroxylation is 4. The molecule has 0 atom stereocenters. The number of aromatic nitrogens is 2. The predicted octanol–water partition coefficient (Wildman–Crippen LogP) is 5.31. The molecule has 0 spiro atoms. The maximum atomic E-state index is 12.6. The molecule has 0 N–H and O–H groups in total. The van der Waals surface area contributed by atoms with Crippen LogP contribution in [0.4, 0.5) is 0 Å². The van der Waals surface area contributed by atoms with Crippen molar-refractivity contribution in [3.8, 4) is 11.5 Å². The molecular formula is C25H28N2O3. The standard InChI is InChI=1S/C25H28N2O3/c1-6-27-15-22(19(4)26-27)23(28)12-10-20-11-13-24(29-5)21(14-20)16-30-25-17(2)8-7-9-18(25)3/h7-15H,6,16H2,1-5H3/b12-10+. The van der Waals surface area contributed by atoms with Crippen LogP contribution in [0, 0.1) is 20.8 Å². The van der Waals surface area contributed by atoms with Gasteiger partial charge in [0.25, 0.3) is 0 Å². The molecule has 0 amide bonds. The molecule has 0 aliphatic carbocycles. The second-order valence-corrected chi connectivity index (χ2v) is 7.26. The highest BCUT2D eigenvalue weighted by atomic mass is 16.5. The van der Waals surface area contributed by atoms with Gasteiger partial charge in [-0.3, -0.25) is 9.48 Å². The maximum absolute atomic E-state index is 12.6. The zero-order valence-corrected chi connectivity index (χ0v) is 18.2. The van der Waals surface area contributed by atoms with Crippen LogP contribution < -0.4 is 9.47 Å². The Balaban J connectivity index is 1.79. The van der Waals surface area contributed by atoms with Crippen LogP contribution in [-0.2, 0) is 13.2 Å². The number of carbonyl (C=O) groups is 1. The quantitative estimate of drug-likeness (QED) is 0.377. The van der Waals surface area contributed by atoms with Crippen molar-refractivity contribution in [2.24, 2.45) is 0 Å². The predicted molar refractivity (Wildman–Crippen MR) is 119 cm³/mol. The van der Waals surface area contributed by atoms with Gasteiger partial charge in [-0.05, 0) is 62.6 Å². The molecule has 3 rings (SSSR count). The van der Waals surface area contributed by atoms with Crippen molar-refractivity contribution in [3.05, 3.63) is 82.2 Å². The Morgan fingerprint density at radius 2 is 1.87 bits per heavy atom. The zero-order valence-electron chi connectivity index (χ0n) is 18.2. The van der Waals surface area contributed by atoms with Crippen molar-refractivity contribution >= 4 is 11.9 Å². The summed E-state index contributed by atoms with van der Waals surface area (Å²) in [5.41, 5.74) is 5.39. The first-order chi connectivity index (χ1) is 14.4. The first kappa shape index (κ1) is 21.4. The Labute approximate surface area is 178 Å². The molecule has 30 heavy (non-hydrogen) atoms. The van der Waals surface area contributed by atoms with Crippen LogP contribution in [0.1, 0.15) is 45.2 Å². The molecule has 0 saturated carbocycles. The van der Waals surface area contributed by atoms with Gasteiger partial charge in [0.2, 0.25) is 0 Å². The lowest BCUT2D eigenvalue weighted by Gasteiger charge is -2.14.